The van der Waals surface area contributed by atoms with Gasteiger partial charge in [0, 0.05) is 12.6 Å². The Morgan fingerprint density at radius 3 is 3.00 bits per heavy atom. The van der Waals surface area contributed by atoms with E-state index in [2.05, 4.69) is 15.8 Å². The molecule has 1 aromatic heterocycles. The Bertz CT molecular complexity index is 361. The van der Waals surface area contributed by atoms with Gasteiger partial charge in [0.1, 0.15) is 11.3 Å². The predicted molar refractivity (Wildman–Crippen MR) is 59.3 cm³/mol. The average Bonchev–Trinajstić information content (AvgIpc) is 2.86. The summed E-state index contributed by atoms with van der Waals surface area (Å²) in [6.07, 6.45) is 2.31. The van der Waals surface area contributed by atoms with E-state index in [1.807, 2.05) is 0 Å². The molecule has 1 atom stereocenters. The van der Waals surface area contributed by atoms with Crippen LogP contribution in [0.25, 0.3) is 0 Å². The molecule has 0 aliphatic carbocycles. The van der Waals surface area contributed by atoms with Crippen molar-refractivity contribution in [2.75, 3.05) is 13.1 Å². The van der Waals surface area contributed by atoms with E-state index in [9.17, 15) is 4.79 Å². The highest BCUT2D eigenvalue weighted by atomic mass is 16.5. The molecule has 16 heavy (non-hydrogen) atoms. The maximum atomic E-state index is 11.9. The molecule has 88 valence electrons. The van der Waals surface area contributed by atoms with Gasteiger partial charge >= 0.3 is 0 Å². The van der Waals surface area contributed by atoms with Crippen LogP contribution in [-0.2, 0) is 0 Å². The molecular formula is C11H17N3O2. The molecule has 5 heteroatoms. The fraction of sp³-hybridized carbons (Fsp3) is 0.636. The van der Waals surface area contributed by atoms with Crippen LogP contribution >= 0.6 is 0 Å². The molecule has 1 aromatic rings. The van der Waals surface area contributed by atoms with Gasteiger partial charge in [-0.25, -0.2) is 0 Å². The fourth-order valence-electron chi connectivity index (χ4n) is 2.04. The van der Waals surface area contributed by atoms with E-state index in [1.165, 1.54) is 6.42 Å². The van der Waals surface area contributed by atoms with Crippen molar-refractivity contribution in [2.45, 2.75) is 32.7 Å². The van der Waals surface area contributed by atoms with Crippen LogP contribution in [0.2, 0.25) is 0 Å². The minimum absolute atomic E-state index is 0.0926. The molecule has 2 heterocycles. The van der Waals surface area contributed by atoms with Crippen LogP contribution in [0, 0.1) is 13.8 Å². The monoisotopic (exact) mass is 223 g/mol. The zero-order valence-electron chi connectivity index (χ0n) is 9.67. The van der Waals surface area contributed by atoms with Crippen molar-refractivity contribution in [3.63, 3.8) is 0 Å². The largest absolute Gasteiger partial charge is 0.361 e. The number of carbonyl (C=O) groups excluding carboxylic acids is 1. The van der Waals surface area contributed by atoms with E-state index in [0.29, 0.717) is 29.6 Å². The quantitative estimate of drug-likeness (QED) is 0.794. The van der Waals surface area contributed by atoms with E-state index in [4.69, 9.17) is 4.52 Å². The van der Waals surface area contributed by atoms with Crippen molar-refractivity contribution in [3.05, 3.63) is 17.0 Å². The number of rotatable bonds is 3. The third kappa shape index (κ3) is 2.24. The Balaban J connectivity index is 1.92. The number of nitrogens with zero attached hydrogens (tertiary/aromatic N) is 1. The van der Waals surface area contributed by atoms with Gasteiger partial charge in [0.05, 0.1) is 5.69 Å². The van der Waals surface area contributed by atoms with Crippen molar-refractivity contribution < 1.29 is 9.32 Å². The summed E-state index contributed by atoms with van der Waals surface area (Å²) < 4.78 is 4.96. The average molecular weight is 223 g/mol. The molecule has 1 unspecified atom stereocenters. The first-order chi connectivity index (χ1) is 7.68. The predicted octanol–water partition coefficient (Wildman–Crippen LogP) is 0.773. The molecule has 1 aliphatic heterocycles. The lowest BCUT2D eigenvalue weighted by atomic mass is 10.2. The highest BCUT2D eigenvalue weighted by Crippen LogP contribution is 2.12. The molecule has 1 fully saturated rings. The summed E-state index contributed by atoms with van der Waals surface area (Å²) in [4.78, 5) is 11.9. The Hall–Kier alpha value is -1.36. The topological polar surface area (TPSA) is 67.2 Å². The Morgan fingerprint density at radius 1 is 1.62 bits per heavy atom. The third-order valence-electron chi connectivity index (χ3n) is 2.93. The number of carbonyl (C=O) groups is 1. The first-order valence-corrected chi connectivity index (χ1v) is 5.63. The lowest BCUT2D eigenvalue weighted by Crippen LogP contribution is -2.37. The Morgan fingerprint density at radius 2 is 2.44 bits per heavy atom. The van der Waals surface area contributed by atoms with Gasteiger partial charge < -0.3 is 15.2 Å². The van der Waals surface area contributed by atoms with Crippen LogP contribution in [0.4, 0.5) is 0 Å². The second-order valence-corrected chi connectivity index (χ2v) is 4.20. The molecule has 0 spiro atoms. The summed E-state index contributed by atoms with van der Waals surface area (Å²) in [7, 11) is 0. The fourth-order valence-corrected chi connectivity index (χ4v) is 2.04. The molecule has 5 nitrogen and oxygen atoms in total. The van der Waals surface area contributed by atoms with Crippen LogP contribution < -0.4 is 10.6 Å². The summed E-state index contributed by atoms with van der Waals surface area (Å²) in [6.45, 7) is 5.25. The van der Waals surface area contributed by atoms with Crippen LogP contribution in [0.15, 0.2) is 4.52 Å². The van der Waals surface area contributed by atoms with E-state index in [1.54, 1.807) is 13.8 Å². The number of nitrogens with one attached hydrogen (secondary N) is 2. The van der Waals surface area contributed by atoms with Crippen LogP contribution in [0.1, 0.15) is 34.7 Å². The van der Waals surface area contributed by atoms with E-state index >= 15 is 0 Å². The molecule has 1 aliphatic rings. The maximum absolute atomic E-state index is 11.9. The molecule has 0 saturated carbocycles. The second-order valence-electron chi connectivity index (χ2n) is 4.20. The van der Waals surface area contributed by atoms with Crippen molar-refractivity contribution in [1.82, 2.24) is 15.8 Å². The highest BCUT2D eigenvalue weighted by molar-refractivity contribution is 5.96. The summed E-state index contributed by atoms with van der Waals surface area (Å²) in [5, 5.41) is 10.0. The van der Waals surface area contributed by atoms with Crippen LogP contribution in [-0.4, -0.2) is 30.2 Å². The highest BCUT2D eigenvalue weighted by Gasteiger charge is 2.19. The standard InChI is InChI=1S/C11H17N3O2/c1-7-10(8(2)16-14-7)11(15)13-6-9-4-3-5-12-9/h9,12H,3-6H2,1-2H3,(H,13,15). The summed E-state index contributed by atoms with van der Waals surface area (Å²) in [5.74, 6) is 0.485. The van der Waals surface area contributed by atoms with Gasteiger partial charge in [0.2, 0.25) is 0 Å². The lowest BCUT2D eigenvalue weighted by molar-refractivity contribution is 0.0948. The lowest BCUT2D eigenvalue weighted by Gasteiger charge is -2.11. The number of hydrogen-bond acceptors (Lipinski definition) is 4. The third-order valence-corrected chi connectivity index (χ3v) is 2.93. The van der Waals surface area contributed by atoms with Gasteiger partial charge in [-0.3, -0.25) is 4.79 Å². The molecule has 2 rings (SSSR count). The molecule has 0 radical (unpaired) electrons. The van der Waals surface area contributed by atoms with Crippen LogP contribution in [0.3, 0.4) is 0 Å². The number of amides is 1. The number of hydrogen-bond donors (Lipinski definition) is 2. The zero-order chi connectivity index (χ0) is 11.5. The minimum Gasteiger partial charge on any atom is -0.361 e. The van der Waals surface area contributed by atoms with Gasteiger partial charge in [0.25, 0.3) is 5.91 Å². The summed E-state index contributed by atoms with van der Waals surface area (Å²) in [6, 6.07) is 0.407. The summed E-state index contributed by atoms with van der Waals surface area (Å²) >= 11 is 0. The van der Waals surface area contributed by atoms with Gasteiger partial charge in [-0.1, -0.05) is 5.16 Å². The smallest absolute Gasteiger partial charge is 0.256 e. The van der Waals surface area contributed by atoms with E-state index < -0.39 is 0 Å². The van der Waals surface area contributed by atoms with E-state index in [0.717, 1.165) is 13.0 Å². The van der Waals surface area contributed by atoms with Gasteiger partial charge in [-0.15, -0.1) is 0 Å². The Kier molecular flexibility index (Phi) is 3.24. The van der Waals surface area contributed by atoms with Crippen molar-refractivity contribution >= 4 is 5.91 Å². The van der Waals surface area contributed by atoms with Crippen molar-refractivity contribution in [3.8, 4) is 0 Å². The van der Waals surface area contributed by atoms with Crippen LogP contribution in [0.5, 0.6) is 0 Å². The second kappa shape index (κ2) is 4.65. The normalized spacial score (nSPS) is 20.0. The molecule has 0 aromatic carbocycles. The molecule has 2 N–H and O–H groups in total. The molecule has 1 amide bonds. The minimum atomic E-state index is -0.0926. The van der Waals surface area contributed by atoms with Crippen molar-refractivity contribution in [1.29, 1.82) is 0 Å². The molecule has 0 bridgehead atoms. The van der Waals surface area contributed by atoms with Gasteiger partial charge in [-0.2, -0.15) is 0 Å². The maximum Gasteiger partial charge on any atom is 0.256 e. The SMILES string of the molecule is Cc1noc(C)c1C(=O)NCC1CCCN1. The molecular weight excluding hydrogens is 206 g/mol. The van der Waals surface area contributed by atoms with Gasteiger partial charge in [-0.05, 0) is 33.2 Å². The first kappa shape index (κ1) is 11.1. The summed E-state index contributed by atoms with van der Waals surface area (Å²) in [5.41, 5.74) is 1.22. The number of aromatic nitrogens is 1. The Labute approximate surface area is 94.6 Å². The molecule has 1 saturated heterocycles. The van der Waals surface area contributed by atoms with Crippen molar-refractivity contribution in [2.24, 2.45) is 0 Å². The zero-order valence-corrected chi connectivity index (χ0v) is 9.67. The van der Waals surface area contributed by atoms with Gasteiger partial charge in [0.15, 0.2) is 0 Å². The number of aryl methyl sites for hydroxylation is 2. The van der Waals surface area contributed by atoms with E-state index in [-0.39, 0.29) is 5.91 Å². The first-order valence-electron chi connectivity index (χ1n) is 5.63.